The summed E-state index contributed by atoms with van der Waals surface area (Å²) in [4.78, 5) is 18.5. The van der Waals surface area contributed by atoms with Crippen molar-refractivity contribution in [2.75, 3.05) is 13.2 Å². The van der Waals surface area contributed by atoms with Crippen LogP contribution < -0.4 is 0 Å². The first-order valence-electron chi connectivity index (χ1n) is 6.63. The van der Waals surface area contributed by atoms with Crippen LogP contribution in [0.15, 0.2) is 0 Å². The van der Waals surface area contributed by atoms with E-state index in [0.29, 0.717) is 19.0 Å². The molecule has 2 unspecified atom stereocenters. The summed E-state index contributed by atoms with van der Waals surface area (Å²) in [6, 6.07) is 0.217. The Kier molecular flexibility index (Phi) is 3.03. The van der Waals surface area contributed by atoms with Crippen molar-refractivity contribution in [1.29, 1.82) is 0 Å². The molecule has 6 nitrogen and oxygen atoms in total. The molecule has 6 heteroatoms. The Morgan fingerprint density at radius 1 is 1.56 bits per heavy atom. The molecule has 2 heterocycles. The van der Waals surface area contributed by atoms with Crippen molar-refractivity contribution in [1.82, 2.24) is 20.1 Å². The van der Waals surface area contributed by atoms with Crippen molar-refractivity contribution in [3.63, 3.8) is 0 Å². The monoisotopic (exact) mass is 250 g/mol. The van der Waals surface area contributed by atoms with E-state index in [-0.39, 0.29) is 18.1 Å². The van der Waals surface area contributed by atoms with E-state index in [2.05, 4.69) is 15.2 Å². The highest BCUT2D eigenvalue weighted by molar-refractivity contribution is 5.90. The van der Waals surface area contributed by atoms with Crippen LogP contribution in [0.4, 0.5) is 0 Å². The topological polar surface area (TPSA) is 71.1 Å². The van der Waals surface area contributed by atoms with Crippen LogP contribution in [-0.2, 0) is 11.2 Å². The summed E-state index contributed by atoms with van der Waals surface area (Å²) in [5, 5.41) is 6.80. The summed E-state index contributed by atoms with van der Waals surface area (Å²) in [6.07, 6.45) is 4.19. The molecule has 1 saturated heterocycles. The maximum absolute atomic E-state index is 12.4. The van der Waals surface area contributed by atoms with Gasteiger partial charge in [-0.2, -0.15) is 0 Å². The van der Waals surface area contributed by atoms with E-state index in [9.17, 15) is 4.79 Å². The minimum absolute atomic E-state index is 0.0637. The number of hydrogen-bond acceptors (Lipinski definition) is 4. The Bertz CT molecular complexity index is 445. The molecule has 1 saturated carbocycles. The van der Waals surface area contributed by atoms with Gasteiger partial charge in [-0.1, -0.05) is 6.92 Å². The van der Waals surface area contributed by atoms with Crippen molar-refractivity contribution < 1.29 is 9.53 Å². The minimum atomic E-state index is -0.0637. The SMILES string of the molecule is CCc1nc(C(=O)N2CCOC3CCCC32)n[nH]1. The maximum Gasteiger partial charge on any atom is 0.293 e. The van der Waals surface area contributed by atoms with Gasteiger partial charge < -0.3 is 9.64 Å². The molecule has 98 valence electrons. The molecule has 0 spiro atoms. The summed E-state index contributed by atoms with van der Waals surface area (Å²) >= 11 is 0. The lowest BCUT2D eigenvalue weighted by Gasteiger charge is -2.36. The molecule has 0 bridgehead atoms. The fraction of sp³-hybridized carbons (Fsp3) is 0.750. The number of nitrogens with one attached hydrogen (secondary N) is 1. The van der Waals surface area contributed by atoms with E-state index in [1.165, 1.54) is 0 Å². The van der Waals surface area contributed by atoms with E-state index in [1.807, 2.05) is 11.8 Å². The Morgan fingerprint density at radius 2 is 2.44 bits per heavy atom. The first kappa shape index (κ1) is 11.6. The number of H-pyrrole nitrogens is 1. The molecule has 18 heavy (non-hydrogen) atoms. The van der Waals surface area contributed by atoms with Gasteiger partial charge in [-0.3, -0.25) is 9.89 Å². The zero-order valence-electron chi connectivity index (χ0n) is 10.6. The quantitative estimate of drug-likeness (QED) is 0.841. The third-order valence-electron chi connectivity index (χ3n) is 3.80. The van der Waals surface area contributed by atoms with E-state index in [4.69, 9.17) is 4.74 Å². The van der Waals surface area contributed by atoms with Gasteiger partial charge in [0.05, 0.1) is 18.8 Å². The molecule has 0 aromatic carbocycles. The lowest BCUT2D eigenvalue weighted by Crippen LogP contribution is -2.51. The fourth-order valence-electron chi connectivity index (χ4n) is 2.86. The Balaban J connectivity index is 1.78. The van der Waals surface area contributed by atoms with Crippen LogP contribution in [0.25, 0.3) is 0 Å². The molecule has 1 N–H and O–H groups in total. The Labute approximate surface area is 106 Å². The number of carbonyl (C=O) groups excluding carboxylic acids is 1. The first-order valence-corrected chi connectivity index (χ1v) is 6.63. The predicted molar refractivity (Wildman–Crippen MR) is 64.2 cm³/mol. The number of hydrogen-bond donors (Lipinski definition) is 1. The highest BCUT2D eigenvalue weighted by atomic mass is 16.5. The third kappa shape index (κ3) is 1.90. The van der Waals surface area contributed by atoms with Gasteiger partial charge >= 0.3 is 0 Å². The number of nitrogens with zero attached hydrogens (tertiary/aromatic N) is 3. The van der Waals surface area contributed by atoms with Crippen LogP contribution >= 0.6 is 0 Å². The zero-order chi connectivity index (χ0) is 12.5. The molecular weight excluding hydrogens is 232 g/mol. The van der Waals surface area contributed by atoms with E-state index in [1.54, 1.807) is 0 Å². The lowest BCUT2D eigenvalue weighted by atomic mass is 10.1. The highest BCUT2D eigenvalue weighted by Gasteiger charge is 2.39. The van der Waals surface area contributed by atoms with Gasteiger partial charge in [0.1, 0.15) is 5.82 Å². The Morgan fingerprint density at radius 3 is 3.22 bits per heavy atom. The molecule has 1 aliphatic carbocycles. The second-order valence-electron chi connectivity index (χ2n) is 4.87. The molecule has 1 aromatic rings. The number of fused-ring (bicyclic) bond motifs is 1. The van der Waals surface area contributed by atoms with Crippen LogP contribution in [-0.4, -0.2) is 51.3 Å². The van der Waals surface area contributed by atoms with Crippen LogP contribution in [0, 0.1) is 0 Å². The number of carbonyl (C=O) groups is 1. The van der Waals surface area contributed by atoms with Crippen LogP contribution in [0.1, 0.15) is 42.6 Å². The van der Waals surface area contributed by atoms with Gasteiger partial charge in [0.15, 0.2) is 0 Å². The summed E-state index contributed by atoms with van der Waals surface area (Å²) in [7, 11) is 0. The molecule has 2 atom stereocenters. The fourth-order valence-corrected chi connectivity index (χ4v) is 2.86. The molecule has 3 rings (SSSR count). The minimum Gasteiger partial charge on any atom is -0.374 e. The second-order valence-corrected chi connectivity index (χ2v) is 4.87. The molecule has 1 amide bonds. The van der Waals surface area contributed by atoms with Gasteiger partial charge in [0.25, 0.3) is 5.91 Å². The molecular formula is C12H18N4O2. The van der Waals surface area contributed by atoms with Gasteiger partial charge in [0.2, 0.25) is 5.82 Å². The highest BCUT2D eigenvalue weighted by Crippen LogP contribution is 2.30. The van der Waals surface area contributed by atoms with Crippen molar-refractivity contribution in [3.8, 4) is 0 Å². The van der Waals surface area contributed by atoms with Crippen LogP contribution in [0.5, 0.6) is 0 Å². The van der Waals surface area contributed by atoms with Crippen molar-refractivity contribution in [2.24, 2.45) is 0 Å². The first-order chi connectivity index (χ1) is 8.79. The predicted octanol–water partition coefficient (Wildman–Crippen LogP) is 0.761. The summed E-state index contributed by atoms with van der Waals surface area (Å²) in [5.41, 5.74) is 0. The number of aromatic nitrogens is 3. The van der Waals surface area contributed by atoms with Crippen molar-refractivity contribution in [3.05, 3.63) is 11.6 Å². The smallest absolute Gasteiger partial charge is 0.293 e. The number of aryl methyl sites for hydroxylation is 1. The Hall–Kier alpha value is -1.43. The van der Waals surface area contributed by atoms with Gasteiger partial charge in [-0.05, 0) is 19.3 Å². The molecule has 2 fully saturated rings. The summed E-state index contributed by atoms with van der Waals surface area (Å²) < 4.78 is 5.70. The second kappa shape index (κ2) is 4.68. The summed E-state index contributed by atoms with van der Waals surface area (Å²) in [6.45, 7) is 3.25. The average molecular weight is 250 g/mol. The molecule has 0 radical (unpaired) electrons. The number of ether oxygens (including phenoxy) is 1. The van der Waals surface area contributed by atoms with Crippen LogP contribution in [0.3, 0.4) is 0 Å². The standard InChI is InChI=1S/C12H18N4O2/c1-2-10-13-11(15-14-10)12(17)16-6-7-18-9-5-3-4-8(9)16/h8-9H,2-7H2,1H3,(H,13,14,15). The summed E-state index contributed by atoms with van der Waals surface area (Å²) in [5.74, 6) is 0.986. The third-order valence-corrected chi connectivity index (χ3v) is 3.80. The number of morpholine rings is 1. The lowest BCUT2D eigenvalue weighted by molar-refractivity contribution is -0.0449. The average Bonchev–Trinajstić information content (AvgIpc) is 3.05. The zero-order valence-corrected chi connectivity index (χ0v) is 10.6. The van der Waals surface area contributed by atoms with Gasteiger partial charge in [0, 0.05) is 13.0 Å². The number of amides is 1. The molecule has 1 aromatic heterocycles. The van der Waals surface area contributed by atoms with Gasteiger partial charge in [-0.25, -0.2) is 4.98 Å². The van der Waals surface area contributed by atoms with E-state index >= 15 is 0 Å². The number of aromatic amines is 1. The van der Waals surface area contributed by atoms with Crippen molar-refractivity contribution in [2.45, 2.75) is 44.8 Å². The van der Waals surface area contributed by atoms with E-state index < -0.39 is 0 Å². The number of rotatable bonds is 2. The normalized spacial score (nSPS) is 27.3. The molecule has 1 aliphatic heterocycles. The van der Waals surface area contributed by atoms with Gasteiger partial charge in [-0.15, -0.1) is 5.10 Å². The largest absolute Gasteiger partial charge is 0.374 e. The molecule has 2 aliphatic rings. The van der Waals surface area contributed by atoms with Crippen LogP contribution in [0.2, 0.25) is 0 Å². The maximum atomic E-state index is 12.4. The van der Waals surface area contributed by atoms with E-state index in [0.717, 1.165) is 31.5 Å². The van der Waals surface area contributed by atoms with Crippen molar-refractivity contribution >= 4 is 5.91 Å².